The molecule has 1 fully saturated rings. The lowest BCUT2D eigenvalue weighted by molar-refractivity contribution is -0.137. The van der Waals surface area contributed by atoms with Crippen LogP contribution in [0.1, 0.15) is 19.8 Å². The number of hydrogen-bond acceptors (Lipinski definition) is 4. The molecule has 104 valence electrons. The van der Waals surface area contributed by atoms with E-state index in [4.69, 9.17) is 5.11 Å². The molecule has 0 bridgehead atoms. The SMILES string of the molecule is CCCN(CC(=O)O)C(=O)NC1CCS(=O)(=O)C1. The number of carbonyl (C=O) groups excluding carboxylic acids is 1. The van der Waals surface area contributed by atoms with E-state index in [2.05, 4.69) is 5.32 Å². The fraction of sp³-hybridized carbons (Fsp3) is 0.800. The number of nitrogens with zero attached hydrogens (tertiary/aromatic N) is 1. The molecule has 0 aromatic rings. The van der Waals surface area contributed by atoms with Crippen LogP contribution in [-0.2, 0) is 14.6 Å². The first kappa shape index (κ1) is 14.7. The van der Waals surface area contributed by atoms with Crippen LogP contribution in [0.3, 0.4) is 0 Å². The van der Waals surface area contributed by atoms with Crippen LogP contribution >= 0.6 is 0 Å². The Morgan fingerprint density at radius 1 is 1.44 bits per heavy atom. The molecule has 0 aromatic carbocycles. The predicted octanol–water partition coefficient (Wildman–Crippen LogP) is -0.320. The Kier molecular flexibility index (Phi) is 4.94. The molecule has 1 atom stereocenters. The van der Waals surface area contributed by atoms with Crippen molar-refractivity contribution in [3.8, 4) is 0 Å². The number of urea groups is 1. The van der Waals surface area contributed by atoms with Gasteiger partial charge in [-0.25, -0.2) is 13.2 Å². The van der Waals surface area contributed by atoms with Gasteiger partial charge in [0.05, 0.1) is 11.5 Å². The first-order valence-electron chi connectivity index (χ1n) is 5.81. The number of carbonyl (C=O) groups is 2. The van der Waals surface area contributed by atoms with Gasteiger partial charge < -0.3 is 15.3 Å². The molecule has 18 heavy (non-hydrogen) atoms. The van der Waals surface area contributed by atoms with Crippen LogP contribution in [0.5, 0.6) is 0 Å². The van der Waals surface area contributed by atoms with Crippen LogP contribution < -0.4 is 5.32 Å². The maximum atomic E-state index is 11.8. The molecule has 0 radical (unpaired) electrons. The van der Waals surface area contributed by atoms with Crippen LogP contribution in [0, 0.1) is 0 Å². The van der Waals surface area contributed by atoms with Gasteiger partial charge in [-0.15, -0.1) is 0 Å². The summed E-state index contributed by atoms with van der Waals surface area (Å²) in [5, 5.41) is 11.3. The monoisotopic (exact) mass is 278 g/mol. The highest BCUT2D eigenvalue weighted by Crippen LogP contribution is 2.11. The Balaban J connectivity index is 2.54. The summed E-state index contributed by atoms with van der Waals surface area (Å²) in [4.78, 5) is 23.6. The second kappa shape index (κ2) is 6.03. The van der Waals surface area contributed by atoms with Crippen LogP contribution in [0.2, 0.25) is 0 Å². The fourth-order valence-electron chi connectivity index (χ4n) is 1.86. The molecule has 1 aliphatic rings. The smallest absolute Gasteiger partial charge is 0.323 e. The number of amides is 2. The number of carboxylic acid groups (broad SMARTS) is 1. The van der Waals surface area contributed by atoms with Crippen LogP contribution in [-0.4, -0.2) is 61.1 Å². The van der Waals surface area contributed by atoms with E-state index in [1.807, 2.05) is 6.92 Å². The molecular weight excluding hydrogens is 260 g/mol. The van der Waals surface area contributed by atoms with Gasteiger partial charge in [-0.2, -0.15) is 0 Å². The van der Waals surface area contributed by atoms with Crippen LogP contribution in [0.4, 0.5) is 4.79 Å². The summed E-state index contributed by atoms with van der Waals surface area (Å²) in [6.07, 6.45) is 1.03. The van der Waals surface area contributed by atoms with Gasteiger partial charge in [0, 0.05) is 12.6 Å². The lowest BCUT2D eigenvalue weighted by atomic mass is 10.3. The molecular formula is C10H18N2O5S. The third-order valence-corrected chi connectivity index (χ3v) is 4.43. The molecule has 0 saturated carbocycles. The topological polar surface area (TPSA) is 104 Å². The molecule has 1 saturated heterocycles. The zero-order valence-corrected chi connectivity index (χ0v) is 11.1. The fourth-order valence-corrected chi connectivity index (χ4v) is 3.53. The van der Waals surface area contributed by atoms with Crippen molar-refractivity contribution in [3.63, 3.8) is 0 Å². The molecule has 7 nitrogen and oxygen atoms in total. The van der Waals surface area contributed by atoms with E-state index in [1.54, 1.807) is 0 Å². The maximum absolute atomic E-state index is 11.8. The molecule has 2 N–H and O–H groups in total. The largest absolute Gasteiger partial charge is 0.480 e. The van der Waals surface area contributed by atoms with Gasteiger partial charge in [0.2, 0.25) is 0 Å². The van der Waals surface area contributed by atoms with E-state index >= 15 is 0 Å². The van der Waals surface area contributed by atoms with Crippen molar-refractivity contribution in [2.75, 3.05) is 24.6 Å². The standard InChI is InChI=1S/C10H18N2O5S/c1-2-4-12(6-9(13)14)10(15)11-8-3-5-18(16,17)7-8/h8H,2-7H2,1H3,(H,11,15)(H,13,14). The van der Waals surface area contributed by atoms with Gasteiger partial charge >= 0.3 is 12.0 Å². The Hall–Kier alpha value is -1.31. The van der Waals surface area contributed by atoms with Gasteiger partial charge in [0.25, 0.3) is 0 Å². The van der Waals surface area contributed by atoms with Crippen LogP contribution in [0.15, 0.2) is 0 Å². The molecule has 8 heteroatoms. The second-order valence-corrected chi connectivity index (χ2v) is 6.59. The third kappa shape index (κ3) is 4.52. The van der Waals surface area contributed by atoms with E-state index in [9.17, 15) is 18.0 Å². The molecule has 1 rings (SSSR count). The van der Waals surface area contributed by atoms with E-state index < -0.39 is 27.9 Å². The first-order chi connectivity index (χ1) is 8.34. The van der Waals surface area contributed by atoms with Crippen molar-refractivity contribution in [2.24, 2.45) is 0 Å². The first-order valence-corrected chi connectivity index (χ1v) is 7.64. The van der Waals surface area contributed by atoms with E-state index in [1.165, 1.54) is 4.90 Å². The van der Waals surface area contributed by atoms with Crippen molar-refractivity contribution in [3.05, 3.63) is 0 Å². The Bertz CT molecular complexity index is 420. The molecule has 0 aromatic heterocycles. The van der Waals surface area contributed by atoms with E-state index in [0.29, 0.717) is 19.4 Å². The lowest BCUT2D eigenvalue weighted by Crippen LogP contribution is -2.47. The number of nitrogens with one attached hydrogen (secondary N) is 1. The minimum absolute atomic E-state index is 0.0637. The molecule has 1 aliphatic heterocycles. The summed E-state index contributed by atoms with van der Waals surface area (Å²) in [5.74, 6) is -1.08. The quantitative estimate of drug-likeness (QED) is 0.717. The Labute approximate surface area is 106 Å². The summed E-state index contributed by atoms with van der Waals surface area (Å²) >= 11 is 0. The summed E-state index contributed by atoms with van der Waals surface area (Å²) in [6.45, 7) is 1.79. The number of sulfone groups is 1. The van der Waals surface area contributed by atoms with Crippen molar-refractivity contribution < 1.29 is 23.1 Å². The highest BCUT2D eigenvalue weighted by Gasteiger charge is 2.30. The maximum Gasteiger partial charge on any atom is 0.323 e. The minimum Gasteiger partial charge on any atom is -0.480 e. The average molecular weight is 278 g/mol. The summed E-state index contributed by atoms with van der Waals surface area (Å²) in [6, 6.07) is -0.919. The normalized spacial score (nSPS) is 21.5. The lowest BCUT2D eigenvalue weighted by Gasteiger charge is -2.22. The summed E-state index contributed by atoms with van der Waals surface area (Å²) < 4.78 is 22.5. The molecule has 1 unspecified atom stereocenters. The zero-order valence-electron chi connectivity index (χ0n) is 10.3. The molecule has 0 spiro atoms. The Morgan fingerprint density at radius 2 is 2.11 bits per heavy atom. The van der Waals surface area contributed by atoms with Crippen LogP contribution in [0.25, 0.3) is 0 Å². The second-order valence-electron chi connectivity index (χ2n) is 4.36. The third-order valence-electron chi connectivity index (χ3n) is 2.67. The van der Waals surface area contributed by atoms with E-state index in [0.717, 1.165) is 0 Å². The highest BCUT2D eigenvalue weighted by atomic mass is 32.2. The van der Waals surface area contributed by atoms with Crippen molar-refractivity contribution >= 4 is 21.8 Å². The van der Waals surface area contributed by atoms with Gasteiger partial charge in [-0.1, -0.05) is 6.92 Å². The van der Waals surface area contributed by atoms with Gasteiger partial charge in [0.1, 0.15) is 6.54 Å². The minimum atomic E-state index is -3.05. The molecule has 2 amide bonds. The van der Waals surface area contributed by atoms with E-state index in [-0.39, 0.29) is 18.1 Å². The Morgan fingerprint density at radius 3 is 2.56 bits per heavy atom. The number of rotatable bonds is 5. The van der Waals surface area contributed by atoms with Gasteiger partial charge in [-0.3, -0.25) is 4.79 Å². The van der Waals surface area contributed by atoms with Gasteiger partial charge in [0.15, 0.2) is 9.84 Å². The van der Waals surface area contributed by atoms with Crippen molar-refractivity contribution in [1.29, 1.82) is 0 Å². The molecule has 1 heterocycles. The highest BCUT2D eigenvalue weighted by molar-refractivity contribution is 7.91. The summed E-state index contributed by atoms with van der Waals surface area (Å²) in [7, 11) is -3.05. The van der Waals surface area contributed by atoms with Crippen molar-refractivity contribution in [2.45, 2.75) is 25.8 Å². The average Bonchev–Trinajstić information content (AvgIpc) is 2.56. The predicted molar refractivity (Wildman–Crippen MR) is 65.1 cm³/mol. The van der Waals surface area contributed by atoms with Gasteiger partial charge in [-0.05, 0) is 12.8 Å². The summed E-state index contributed by atoms with van der Waals surface area (Å²) in [5.41, 5.74) is 0. The van der Waals surface area contributed by atoms with Crippen molar-refractivity contribution in [1.82, 2.24) is 10.2 Å². The zero-order chi connectivity index (χ0) is 13.8. The number of aliphatic carboxylic acids is 1. The molecule has 0 aliphatic carbocycles. The number of carboxylic acids is 1. The number of hydrogen-bond donors (Lipinski definition) is 2.